The standard InChI is InChI=1S/C14H14N2O3S/c1-3-7-16-13(18)11(12(17)15-14(16)20)8-10-6-5-9(4-2)19-10/h3,5-6,8H,1,4,7H2,2H3,(H,15,17,20). The fourth-order valence-corrected chi connectivity index (χ4v) is 2.04. The fraction of sp³-hybridized carbons (Fsp3) is 0.214. The summed E-state index contributed by atoms with van der Waals surface area (Å²) in [5.74, 6) is 0.286. The third kappa shape index (κ3) is 2.70. The van der Waals surface area contributed by atoms with Gasteiger partial charge < -0.3 is 4.42 Å². The van der Waals surface area contributed by atoms with Gasteiger partial charge in [-0.05, 0) is 30.4 Å². The topological polar surface area (TPSA) is 62.6 Å². The highest BCUT2D eigenvalue weighted by molar-refractivity contribution is 7.80. The van der Waals surface area contributed by atoms with Crippen molar-refractivity contribution in [2.24, 2.45) is 0 Å². The van der Waals surface area contributed by atoms with Crippen LogP contribution in [0.4, 0.5) is 0 Å². The van der Waals surface area contributed by atoms with Crippen LogP contribution < -0.4 is 5.32 Å². The minimum absolute atomic E-state index is 0.00236. The highest BCUT2D eigenvalue weighted by Gasteiger charge is 2.32. The van der Waals surface area contributed by atoms with E-state index in [1.165, 1.54) is 11.0 Å². The van der Waals surface area contributed by atoms with Crippen molar-refractivity contribution in [1.29, 1.82) is 0 Å². The molecule has 0 spiro atoms. The van der Waals surface area contributed by atoms with Gasteiger partial charge in [0, 0.05) is 13.0 Å². The van der Waals surface area contributed by atoms with Crippen molar-refractivity contribution in [3.05, 3.63) is 41.9 Å². The normalized spacial score (nSPS) is 17.6. The molecule has 0 unspecified atom stereocenters. The van der Waals surface area contributed by atoms with Crippen molar-refractivity contribution >= 4 is 35.2 Å². The Kier molecular flexibility index (Phi) is 4.14. The lowest BCUT2D eigenvalue weighted by Gasteiger charge is -2.27. The van der Waals surface area contributed by atoms with Crippen LogP contribution in [0.3, 0.4) is 0 Å². The first-order valence-electron chi connectivity index (χ1n) is 6.15. The first-order chi connectivity index (χ1) is 9.56. The number of nitrogens with one attached hydrogen (secondary N) is 1. The molecule has 2 amide bonds. The summed E-state index contributed by atoms with van der Waals surface area (Å²) >= 11 is 4.96. The monoisotopic (exact) mass is 290 g/mol. The number of nitrogens with zero attached hydrogens (tertiary/aromatic N) is 1. The molecule has 1 saturated heterocycles. The summed E-state index contributed by atoms with van der Waals surface area (Å²) in [6.45, 7) is 5.76. The molecular weight excluding hydrogens is 276 g/mol. The molecule has 104 valence electrons. The first-order valence-corrected chi connectivity index (χ1v) is 6.56. The van der Waals surface area contributed by atoms with Crippen molar-refractivity contribution in [3.63, 3.8) is 0 Å². The number of hydrogen-bond donors (Lipinski definition) is 1. The van der Waals surface area contributed by atoms with Gasteiger partial charge in [-0.3, -0.25) is 19.8 Å². The smallest absolute Gasteiger partial charge is 0.266 e. The Morgan fingerprint density at radius 2 is 2.20 bits per heavy atom. The number of carbonyl (C=O) groups is 2. The zero-order chi connectivity index (χ0) is 14.7. The van der Waals surface area contributed by atoms with E-state index in [0.29, 0.717) is 5.76 Å². The second-order valence-corrected chi connectivity index (χ2v) is 4.57. The fourth-order valence-electron chi connectivity index (χ4n) is 1.79. The Hall–Kier alpha value is -2.21. The molecule has 1 aliphatic heterocycles. The highest BCUT2D eigenvalue weighted by atomic mass is 32.1. The largest absolute Gasteiger partial charge is 0.462 e. The molecule has 2 heterocycles. The van der Waals surface area contributed by atoms with Crippen LogP contribution in [0.15, 0.2) is 34.8 Å². The van der Waals surface area contributed by atoms with Gasteiger partial charge in [-0.15, -0.1) is 6.58 Å². The van der Waals surface area contributed by atoms with E-state index in [2.05, 4.69) is 11.9 Å². The zero-order valence-electron chi connectivity index (χ0n) is 11.0. The summed E-state index contributed by atoms with van der Waals surface area (Å²) in [4.78, 5) is 25.4. The number of furan rings is 1. The second-order valence-electron chi connectivity index (χ2n) is 4.18. The molecule has 1 aromatic heterocycles. The van der Waals surface area contributed by atoms with Crippen LogP contribution in [0.2, 0.25) is 0 Å². The summed E-state index contributed by atoms with van der Waals surface area (Å²) in [6.07, 6.45) is 3.71. The SMILES string of the molecule is C=CCN1C(=O)C(=Cc2ccc(CC)o2)C(=O)NC1=S. The minimum Gasteiger partial charge on any atom is -0.462 e. The molecular formula is C14H14N2O3S. The van der Waals surface area contributed by atoms with Crippen molar-refractivity contribution in [2.45, 2.75) is 13.3 Å². The third-order valence-corrected chi connectivity index (χ3v) is 3.14. The summed E-state index contributed by atoms with van der Waals surface area (Å²) in [5.41, 5.74) is -0.00236. The lowest BCUT2D eigenvalue weighted by atomic mass is 10.1. The second kappa shape index (κ2) is 5.83. The van der Waals surface area contributed by atoms with Gasteiger partial charge >= 0.3 is 0 Å². The van der Waals surface area contributed by atoms with E-state index < -0.39 is 11.8 Å². The van der Waals surface area contributed by atoms with E-state index >= 15 is 0 Å². The molecule has 1 aromatic rings. The van der Waals surface area contributed by atoms with Crippen LogP contribution in [-0.4, -0.2) is 28.4 Å². The van der Waals surface area contributed by atoms with Gasteiger partial charge in [0.05, 0.1) is 0 Å². The van der Waals surface area contributed by atoms with E-state index in [9.17, 15) is 9.59 Å². The molecule has 5 nitrogen and oxygen atoms in total. The van der Waals surface area contributed by atoms with Crippen LogP contribution in [0.25, 0.3) is 6.08 Å². The van der Waals surface area contributed by atoms with Gasteiger partial charge in [0.15, 0.2) is 5.11 Å². The molecule has 0 atom stereocenters. The maximum absolute atomic E-state index is 12.2. The van der Waals surface area contributed by atoms with Crippen molar-refractivity contribution in [2.75, 3.05) is 6.54 Å². The predicted octanol–water partition coefficient (Wildman–Crippen LogP) is 1.65. The summed E-state index contributed by atoms with van der Waals surface area (Å²) < 4.78 is 5.47. The van der Waals surface area contributed by atoms with E-state index in [0.717, 1.165) is 12.2 Å². The number of carbonyl (C=O) groups excluding carboxylic acids is 2. The molecule has 0 aromatic carbocycles. The van der Waals surface area contributed by atoms with Gasteiger partial charge in [0.25, 0.3) is 11.8 Å². The lowest BCUT2D eigenvalue weighted by molar-refractivity contribution is -0.128. The number of amides is 2. The van der Waals surface area contributed by atoms with Crippen molar-refractivity contribution in [1.82, 2.24) is 10.2 Å². The molecule has 1 aliphatic rings. The van der Waals surface area contributed by atoms with E-state index in [4.69, 9.17) is 16.6 Å². The number of aryl methyl sites for hydroxylation is 1. The van der Waals surface area contributed by atoms with Gasteiger partial charge in [0.2, 0.25) is 0 Å². The minimum atomic E-state index is -0.519. The molecule has 6 heteroatoms. The van der Waals surface area contributed by atoms with Crippen LogP contribution in [0.5, 0.6) is 0 Å². The van der Waals surface area contributed by atoms with Crippen LogP contribution in [0, 0.1) is 0 Å². The molecule has 1 fully saturated rings. The van der Waals surface area contributed by atoms with E-state index in [1.807, 2.05) is 13.0 Å². The summed E-state index contributed by atoms with van der Waals surface area (Å²) in [7, 11) is 0. The van der Waals surface area contributed by atoms with Gasteiger partial charge in [-0.25, -0.2) is 0 Å². The van der Waals surface area contributed by atoms with E-state index in [1.54, 1.807) is 12.1 Å². The molecule has 2 rings (SSSR count). The van der Waals surface area contributed by atoms with Gasteiger partial charge in [-0.1, -0.05) is 13.0 Å². The third-order valence-electron chi connectivity index (χ3n) is 2.81. The lowest BCUT2D eigenvalue weighted by Crippen LogP contribution is -2.53. The van der Waals surface area contributed by atoms with Crippen LogP contribution >= 0.6 is 12.2 Å². The molecule has 20 heavy (non-hydrogen) atoms. The Morgan fingerprint density at radius 3 is 2.80 bits per heavy atom. The average Bonchev–Trinajstić information content (AvgIpc) is 2.87. The number of hydrogen-bond acceptors (Lipinski definition) is 4. The van der Waals surface area contributed by atoms with Crippen LogP contribution in [0.1, 0.15) is 18.4 Å². The Labute approximate surface area is 121 Å². The van der Waals surface area contributed by atoms with Gasteiger partial charge in [0.1, 0.15) is 17.1 Å². The molecule has 0 saturated carbocycles. The zero-order valence-corrected chi connectivity index (χ0v) is 11.8. The molecule has 0 radical (unpaired) electrons. The Bertz CT molecular complexity index is 616. The first kappa shape index (κ1) is 14.2. The highest BCUT2D eigenvalue weighted by Crippen LogP contribution is 2.16. The van der Waals surface area contributed by atoms with Crippen molar-refractivity contribution < 1.29 is 14.0 Å². The van der Waals surface area contributed by atoms with E-state index in [-0.39, 0.29) is 17.2 Å². The Morgan fingerprint density at radius 1 is 1.45 bits per heavy atom. The number of rotatable bonds is 4. The predicted molar refractivity (Wildman–Crippen MR) is 78.7 cm³/mol. The number of thiocarbonyl (C=S) groups is 1. The van der Waals surface area contributed by atoms with Crippen molar-refractivity contribution in [3.8, 4) is 0 Å². The molecule has 0 aliphatic carbocycles. The Balaban J connectivity index is 2.33. The maximum Gasteiger partial charge on any atom is 0.266 e. The molecule has 0 bridgehead atoms. The molecule has 1 N–H and O–H groups in total. The van der Waals surface area contributed by atoms with Crippen LogP contribution in [-0.2, 0) is 16.0 Å². The summed E-state index contributed by atoms with van der Waals surface area (Å²) in [6, 6.07) is 3.53. The quantitative estimate of drug-likeness (QED) is 0.396. The average molecular weight is 290 g/mol. The maximum atomic E-state index is 12.2. The summed E-state index contributed by atoms with van der Waals surface area (Å²) in [5, 5.41) is 2.56. The van der Waals surface area contributed by atoms with Gasteiger partial charge in [-0.2, -0.15) is 0 Å².